The first-order valence-corrected chi connectivity index (χ1v) is 8.31. The third-order valence-electron chi connectivity index (χ3n) is 4.46. The Bertz CT molecular complexity index is 798. The van der Waals surface area contributed by atoms with Crippen LogP contribution in [0.2, 0.25) is 5.02 Å². The lowest BCUT2D eigenvalue weighted by Gasteiger charge is -2.40. The van der Waals surface area contributed by atoms with Crippen LogP contribution in [0.15, 0.2) is 36.5 Å². The first kappa shape index (κ1) is 17.5. The number of β-amino-alcohol motifs (C(OH)–C–C–N with tert-alkyl or cyclic N) is 1. The maximum atomic E-state index is 11.2. The van der Waals surface area contributed by atoms with Gasteiger partial charge in [-0.1, -0.05) is 17.7 Å². The van der Waals surface area contributed by atoms with Crippen LogP contribution in [0.25, 0.3) is 0 Å². The molecule has 1 aliphatic rings. The first-order chi connectivity index (χ1) is 11.9. The highest BCUT2D eigenvalue weighted by atomic mass is 35.5. The van der Waals surface area contributed by atoms with E-state index in [1.165, 1.54) is 18.3 Å². The molecular weight excluding hydrogens is 344 g/mol. The molecule has 3 rings (SSSR count). The fraction of sp³-hybridized carbons (Fsp3) is 0.333. The Hall–Kier alpha value is -2.31. The van der Waals surface area contributed by atoms with E-state index < -0.39 is 11.6 Å². The molecule has 1 aromatic heterocycles. The summed E-state index contributed by atoms with van der Waals surface area (Å²) >= 11 is 6.34. The van der Waals surface area contributed by atoms with Crippen LogP contribution in [0.1, 0.15) is 28.8 Å². The highest BCUT2D eigenvalue weighted by Crippen LogP contribution is 2.38. The van der Waals surface area contributed by atoms with Crippen molar-refractivity contribution in [1.29, 1.82) is 0 Å². The number of benzene rings is 1. The van der Waals surface area contributed by atoms with Crippen molar-refractivity contribution in [3.8, 4) is 5.75 Å². The SMILES string of the molecule is COc1ccc(C2(O)CCCN(c3cc(C(=O)O)ccn3)C2)c(Cl)c1. The number of carbonyl (C=O) groups is 1. The van der Waals surface area contributed by atoms with E-state index in [9.17, 15) is 9.90 Å². The van der Waals surface area contributed by atoms with Crippen LogP contribution in [-0.2, 0) is 5.60 Å². The summed E-state index contributed by atoms with van der Waals surface area (Å²) in [5, 5.41) is 20.8. The summed E-state index contributed by atoms with van der Waals surface area (Å²) in [6.45, 7) is 0.973. The number of carboxylic acids is 1. The monoisotopic (exact) mass is 362 g/mol. The minimum absolute atomic E-state index is 0.168. The predicted molar refractivity (Wildman–Crippen MR) is 94.5 cm³/mol. The van der Waals surface area contributed by atoms with Crippen LogP contribution in [0.5, 0.6) is 5.75 Å². The number of aromatic carboxylic acids is 1. The lowest BCUT2D eigenvalue weighted by molar-refractivity contribution is 0.0218. The molecule has 0 spiro atoms. The number of rotatable bonds is 4. The molecule has 1 fully saturated rings. The third kappa shape index (κ3) is 3.55. The van der Waals surface area contributed by atoms with Gasteiger partial charge in [0.25, 0.3) is 0 Å². The largest absolute Gasteiger partial charge is 0.497 e. The molecule has 2 aromatic rings. The number of pyridine rings is 1. The van der Waals surface area contributed by atoms with Crippen LogP contribution >= 0.6 is 11.6 Å². The Labute approximate surface area is 150 Å². The second kappa shape index (κ2) is 6.90. The number of aliphatic hydroxyl groups is 1. The summed E-state index contributed by atoms with van der Waals surface area (Å²) in [7, 11) is 1.56. The number of halogens is 1. The number of aromatic nitrogens is 1. The summed E-state index contributed by atoms with van der Waals surface area (Å²) < 4.78 is 5.15. The van der Waals surface area contributed by atoms with Crippen molar-refractivity contribution in [2.75, 3.05) is 25.1 Å². The third-order valence-corrected chi connectivity index (χ3v) is 4.78. The summed E-state index contributed by atoms with van der Waals surface area (Å²) in [6, 6.07) is 8.18. The molecule has 25 heavy (non-hydrogen) atoms. The van der Waals surface area contributed by atoms with Crippen LogP contribution in [0, 0.1) is 0 Å². The number of ether oxygens (including phenoxy) is 1. The van der Waals surface area contributed by atoms with Crippen LogP contribution in [0.4, 0.5) is 5.82 Å². The van der Waals surface area contributed by atoms with Crippen LogP contribution in [-0.4, -0.2) is 41.4 Å². The Morgan fingerprint density at radius 2 is 2.16 bits per heavy atom. The second-order valence-electron chi connectivity index (χ2n) is 6.11. The molecule has 132 valence electrons. The Morgan fingerprint density at radius 3 is 2.84 bits per heavy atom. The molecule has 1 aliphatic heterocycles. The molecule has 0 aliphatic carbocycles. The average Bonchev–Trinajstić information content (AvgIpc) is 2.61. The van der Waals surface area contributed by atoms with Gasteiger partial charge in [0.05, 0.1) is 24.2 Å². The van der Waals surface area contributed by atoms with Crippen molar-refractivity contribution in [1.82, 2.24) is 4.98 Å². The number of nitrogens with zero attached hydrogens (tertiary/aromatic N) is 2. The molecular formula is C18H19ClN2O4. The summed E-state index contributed by atoms with van der Waals surface area (Å²) in [6.07, 6.45) is 2.76. The fourth-order valence-electron chi connectivity index (χ4n) is 3.18. The van der Waals surface area contributed by atoms with Crippen molar-refractivity contribution in [3.05, 3.63) is 52.7 Å². The van der Waals surface area contributed by atoms with E-state index in [0.29, 0.717) is 35.1 Å². The van der Waals surface area contributed by atoms with Gasteiger partial charge in [-0.25, -0.2) is 9.78 Å². The van der Waals surface area contributed by atoms with E-state index in [1.807, 2.05) is 4.90 Å². The zero-order chi connectivity index (χ0) is 18.0. The first-order valence-electron chi connectivity index (χ1n) is 7.94. The second-order valence-corrected chi connectivity index (χ2v) is 6.52. The van der Waals surface area contributed by atoms with Gasteiger partial charge in [0.1, 0.15) is 17.2 Å². The zero-order valence-corrected chi connectivity index (χ0v) is 14.5. The standard InChI is InChI=1S/C18H19ClN2O4/c1-25-13-3-4-14(15(19)10-13)18(24)6-2-8-21(11-18)16-9-12(17(22)23)5-7-20-16/h3-5,7,9-10,24H,2,6,8,11H2,1H3,(H,22,23). The zero-order valence-electron chi connectivity index (χ0n) is 13.8. The van der Waals surface area contributed by atoms with E-state index in [-0.39, 0.29) is 12.1 Å². The van der Waals surface area contributed by atoms with Gasteiger partial charge in [0.2, 0.25) is 0 Å². The lowest BCUT2D eigenvalue weighted by Crippen LogP contribution is -2.46. The normalized spacial score (nSPS) is 20.4. The smallest absolute Gasteiger partial charge is 0.335 e. The molecule has 1 saturated heterocycles. The highest BCUT2D eigenvalue weighted by molar-refractivity contribution is 6.31. The van der Waals surface area contributed by atoms with Gasteiger partial charge in [0.15, 0.2) is 0 Å². The molecule has 7 heteroatoms. The van der Waals surface area contributed by atoms with Crippen LogP contribution < -0.4 is 9.64 Å². The molecule has 2 heterocycles. The summed E-state index contributed by atoms with van der Waals surface area (Å²) in [5.74, 6) is 0.151. The van der Waals surface area contributed by atoms with E-state index in [1.54, 1.807) is 25.3 Å². The van der Waals surface area contributed by atoms with Crippen molar-refractivity contribution in [2.24, 2.45) is 0 Å². The molecule has 0 radical (unpaired) electrons. The molecule has 0 saturated carbocycles. The van der Waals surface area contributed by atoms with Crippen molar-refractivity contribution in [2.45, 2.75) is 18.4 Å². The topological polar surface area (TPSA) is 82.9 Å². The molecule has 1 unspecified atom stereocenters. The Balaban J connectivity index is 1.90. The van der Waals surface area contributed by atoms with Gasteiger partial charge in [-0.2, -0.15) is 0 Å². The molecule has 0 bridgehead atoms. The van der Waals surface area contributed by atoms with E-state index >= 15 is 0 Å². The van der Waals surface area contributed by atoms with E-state index in [4.69, 9.17) is 21.4 Å². The van der Waals surface area contributed by atoms with E-state index in [2.05, 4.69) is 4.98 Å². The fourth-order valence-corrected chi connectivity index (χ4v) is 3.52. The number of methoxy groups -OCH3 is 1. The van der Waals surface area contributed by atoms with Crippen molar-refractivity contribution in [3.63, 3.8) is 0 Å². The quantitative estimate of drug-likeness (QED) is 0.870. The van der Waals surface area contributed by atoms with Gasteiger partial charge < -0.3 is 19.8 Å². The molecule has 0 amide bonds. The molecule has 1 atom stereocenters. The number of hydrogen-bond donors (Lipinski definition) is 2. The number of piperidine rings is 1. The highest BCUT2D eigenvalue weighted by Gasteiger charge is 2.37. The van der Waals surface area contributed by atoms with Gasteiger partial charge in [-0.15, -0.1) is 0 Å². The lowest BCUT2D eigenvalue weighted by atomic mass is 9.85. The maximum absolute atomic E-state index is 11.2. The summed E-state index contributed by atoms with van der Waals surface area (Å²) in [4.78, 5) is 17.3. The predicted octanol–water partition coefficient (Wildman–Crippen LogP) is 2.93. The number of carboxylic acid groups (broad SMARTS) is 1. The number of anilines is 1. The minimum atomic E-state index is -1.14. The van der Waals surface area contributed by atoms with Gasteiger partial charge in [-0.05, 0) is 37.1 Å². The molecule has 1 aromatic carbocycles. The molecule has 2 N–H and O–H groups in total. The summed E-state index contributed by atoms with van der Waals surface area (Å²) in [5.41, 5.74) is -0.335. The Morgan fingerprint density at radius 1 is 1.36 bits per heavy atom. The van der Waals surface area contributed by atoms with Gasteiger partial charge in [0, 0.05) is 18.3 Å². The van der Waals surface area contributed by atoms with Crippen LogP contribution in [0.3, 0.4) is 0 Å². The Kier molecular flexibility index (Phi) is 4.83. The number of hydrogen-bond acceptors (Lipinski definition) is 5. The van der Waals surface area contributed by atoms with Gasteiger partial charge in [-0.3, -0.25) is 0 Å². The maximum Gasteiger partial charge on any atom is 0.335 e. The van der Waals surface area contributed by atoms with Crippen molar-refractivity contribution < 1.29 is 19.7 Å². The minimum Gasteiger partial charge on any atom is -0.497 e. The average molecular weight is 363 g/mol. The molecule has 6 nitrogen and oxygen atoms in total. The van der Waals surface area contributed by atoms with Crippen molar-refractivity contribution >= 4 is 23.4 Å². The van der Waals surface area contributed by atoms with Gasteiger partial charge >= 0.3 is 5.97 Å². The van der Waals surface area contributed by atoms with E-state index in [0.717, 1.165) is 6.42 Å².